The Morgan fingerprint density at radius 1 is 1.39 bits per heavy atom. The monoisotopic (exact) mass is 305 g/mol. The molecule has 0 heterocycles. The van der Waals surface area contributed by atoms with Gasteiger partial charge in [0.25, 0.3) is 0 Å². The molecule has 0 amide bonds. The fraction of sp³-hybridized carbons (Fsp3) is 0.500. The molecule has 1 aliphatic rings. The highest BCUT2D eigenvalue weighted by Gasteiger charge is 2.30. The van der Waals surface area contributed by atoms with E-state index in [4.69, 9.17) is 6.42 Å². The molecule has 2 heteroatoms. The minimum atomic E-state index is 0.255. The van der Waals surface area contributed by atoms with E-state index < -0.39 is 0 Å². The molecular weight excluding hydrogens is 286 g/mol. The molecule has 1 aromatic rings. The first-order valence-corrected chi connectivity index (χ1v) is 7.50. The van der Waals surface area contributed by atoms with E-state index in [0.717, 1.165) is 17.3 Å². The van der Waals surface area contributed by atoms with E-state index >= 15 is 0 Å². The topological polar surface area (TPSA) is 12.0 Å². The molecule has 96 valence electrons. The SMILES string of the molecule is C#CC(CCC)NC1CC(c2ccc(Br)cc2)C1. The Morgan fingerprint density at radius 3 is 2.61 bits per heavy atom. The summed E-state index contributed by atoms with van der Waals surface area (Å²) in [7, 11) is 0. The van der Waals surface area contributed by atoms with E-state index in [-0.39, 0.29) is 6.04 Å². The largest absolute Gasteiger partial charge is 0.301 e. The molecule has 18 heavy (non-hydrogen) atoms. The van der Waals surface area contributed by atoms with Gasteiger partial charge in [-0.15, -0.1) is 6.42 Å². The molecule has 1 unspecified atom stereocenters. The van der Waals surface area contributed by atoms with Crippen molar-refractivity contribution in [3.63, 3.8) is 0 Å². The second kappa shape index (κ2) is 6.41. The van der Waals surface area contributed by atoms with Crippen LogP contribution in [0.15, 0.2) is 28.7 Å². The lowest BCUT2D eigenvalue weighted by molar-refractivity contribution is 0.276. The van der Waals surface area contributed by atoms with Crippen molar-refractivity contribution in [3.8, 4) is 12.3 Å². The van der Waals surface area contributed by atoms with Crippen molar-refractivity contribution in [2.24, 2.45) is 0 Å². The van der Waals surface area contributed by atoms with Gasteiger partial charge >= 0.3 is 0 Å². The Bertz CT molecular complexity index is 412. The molecule has 0 bridgehead atoms. The van der Waals surface area contributed by atoms with Gasteiger partial charge in [-0.1, -0.05) is 47.3 Å². The first kappa shape index (κ1) is 13.6. The van der Waals surface area contributed by atoms with Crippen LogP contribution in [-0.4, -0.2) is 12.1 Å². The van der Waals surface area contributed by atoms with Crippen molar-refractivity contribution >= 4 is 15.9 Å². The number of hydrogen-bond acceptors (Lipinski definition) is 1. The average molecular weight is 306 g/mol. The molecule has 0 aromatic heterocycles. The third-order valence-electron chi connectivity index (χ3n) is 3.69. The molecular formula is C16H20BrN. The first-order chi connectivity index (χ1) is 8.72. The summed E-state index contributed by atoms with van der Waals surface area (Å²) < 4.78 is 1.15. The summed E-state index contributed by atoms with van der Waals surface area (Å²) in [6.07, 6.45) is 10.2. The van der Waals surface area contributed by atoms with Crippen molar-refractivity contribution in [2.75, 3.05) is 0 Å². The van der Waals surface area contributed by atoms with Gasteiger partial charge in [0.05, 0.1) is 6.04 Å². The highest BCUT2D eigenvalue weighted by Crippen LogP contribution is 2.37. The summed E-state index contributed by atoms with van der Waals surface area (Å²) in [6, 6.07) is 9.54. The number of benzene rings is 1. The van der Waals surface area contributed by atoms with Crippen LogP contribution in [0, 0.1) is 12.3 Å². The third-order valence-corrected chi connectivity index (χ3v) is 4.22. The van der Waals surface area contributed by atoms with Gasteiger partial charge in [-0.2, -0.15) is 0 Å². The Kier molecular flexibility index (Phi) is 4.86. The normalized spacial score (nSPS) is 24.1. The maximum Gasteiger partial charge on any atom is 0.0688 e. The van der Waals surface area contributed by atoms with E-state index in [1.165, 1.54) is 18.4 Å². The zero-order valence-electron chi connectivity index (χ0n) is 10.8. The van der Waals surface area contributed by atoms with Crippen molar-refractivity contribution in [1.29, 1.82) is 0 Å². The Labute approximate surface area is 118 Å². The molecule has 2 rings (SSSR count). The molecule has 1 aromatic carbocycles. The predicted octanol–water partition coefficient (Wildman–Crippen LogP) is 4.09. The van der Waals surface area contributed by atoms with Crippen molar-refractivity contribution < 1.29 is 0 Å². The van der Waals surface area contributed by atoms with E-state index in [9.17, 15) is 0 Å². The highest BCUT2D eigenvalue weighted by atomic mass is 79.9. The number of rotatable bonds is 5. The van der Waals surface area contributed by atoms with Gasteiger partial charge in [0.2, 0.25) is 0 Å². The Balaban J connectivity index is 1.80. The zero-order valence-corrected chi connectivity index (χ0v) is 12.4. The summed E-state index contributed by atoms with van der Waals surface area (Å²) in [5.74, 6) is 3.55. The molecule has 0 aliphatic heterocycles. The van der Waals surface area contributed by atoms with Gasteiger partial charge in [-0.25, -0.2) is 0 Å². The van der Waals surface area contributed by atoms with Crippen LogP contribution in [-0.2, 0) is 0 Å². The summed E-state index contributed by atoms with van der Waals surface area (Å²) in [5, 5.41) is 3.57. The lowest BCUT2D eigenvalue weighted by Crippen LogP contribution is -2.45. The molecule has 0 spiro atoms. The van der Waals surface area contributed by atoms with E-state index in [2.05, 4.69) is 58.4 Å². The first-order valence-electron chi connectivity index (χ1n) is 6.70. The number of hydrogen-bond donors (Lipinski definition) is 1. The summed E-state index contributed by atoms with van der Waals surface area (Å²) in [6.45, 7) is 2.18. The number of halogens is 1. The van der Waals surface area contributed by atoms with Crippen LogP contribution in [0.25, 0.3) is 0 Å². The highest BCUT2D eigenvalue weighted by molar-refractivity contribution is 9.10. The molecule has 0 radical (unpaired) electrons. The van der Waals surface area contributed by atoms with E-state index in [1.807, 2.05) is 0 Å². The van der Waals surface area contributed by atoms with Gasteiger partial charge in [0.15, 0.2) is 0 Å². The van der Waals surface area contributed by atoms with Crippen LogP contribution in [0.4, 0.5) is 0 Å². The van der Waals surface area contributed by atoms with Crippen molar-refractivity contribution in [2.45, 2.75) is 50.6 Å². The van der Waals surface area contributed by atoms with Crippen LogP contribution >= 0.6 is 15.9 Å². The number of nitrogens with one attached hydrogen (secondary N) is 1. The fourth-order valence-electron chi connectivity index (χ4n) is 2.55. The average Bonchev–Trinajstić information content (AvgIpc) is 2.33. The Morgan fingerprint density at radius 2 is 2.06 bits per heavy atom. The molecule has 0 saturated heterocycles. The molecule has 1 aliphatic carbocycles. The van der Waals surface area contributed by atoms with Crippen molar-refractivity contribution in [1.82, 2.24) is 5.32 Å². The van der Waals surface area contributed by atoms with Gasteiger partial charge in [0, 0.05) is 10.5 Å². The molecule has 1 atom stereocenters. The molecule has 1 N–H and O–H groups in total. The lowest BCUT2D eigenvalue weighted by atomic mass is 9.75. The maximum absolute atomic E-state index is 5.53. The molecule has 1 fully saturated rings. The quantitative estimate of drug-likeness (QED) is 0.808. The molecule has 1 saturated carbocycles. The van der Waals surface area contributed by atoms with E-state index in [0.29, 0.717) is 12.0 Å². The maximum atomic E-state index is 5.53. The fourth-order valence-corrected chi connectivity index (χ4v) is 2.81. The zero-order chi connectivity index (χ0) is 13.0. The lowest BCUT2D eigenvalue weighted by Gasteiger charge is -2.38. The standard InChI is InChI=1S/C16H20BrN/c1-3-5-15(4-2)18-16-10-13(11-16)12-6-8-14(17)9-7-12/h2,6-9,13,15-16,18H,3,5,10-11H2,1H3. The second-order valence-electron chi connectivity index (χ2n) is 5.09. The minimum Gasteiger partial charge on any atom is -0.301 e. The van der Waals surface area contributed by atoms with Gasteiger partial charge in [-0.3, -0.25) is 0 Å². The predicted molar refractivity (Wildman–Crippen MR) is 80.6 cm³/mol. The van der Waals surface area contributed by atoms with Gasteiger partial charge in [0.1, 0.15) is 0 Å². The third kappa shape index (κ3) is 3.37. The summed E-state index contributed by atoms with van der Waals surface area (Å²) in [4.78, 5) is 0. The van der Waals surface area contributed by atoms with Crippen LogP contribution in [0.2, 0.25) is 0 Å². The number of terminal acetylenes is 1. The van der Waals surface area contributed by atoms with E-state index in [1.54, 1.807) is 0 Å². The molecule has 1 nitrogen and oxygen atoms in total. The summed E-state index contributed by atoms with van der Waals surface area (Å²) in [5.41, 5.74) is 1.45. The Hall–Kier alpha value is -0.780. The smallest absolute Gasteiger partial charge is 0.0688 e. The van der Waals surface area contributed by atoms with Crippen molar-refractivity contribution in [3.05, 3.63) is 34.3 Å². The van der Waals surface area contributed by atoms with Crippen LogP contribution in [0.5, 0.6) is 0 Å². The van der Waals surface area contributed by atoms with Gasteiger partial charge in [-0.05, 0) is 42.9 Å². The minimum absolute atomic E-state index is 0.255. The van der Waals surface area contributed by atoms with Crippen LogP contribution in [0.3, 0.4) is 0 Å². The van der Waals surface area contributed by atoms with Crippen LogP contribution in [0.1, 0.15) is 44.1 Å². The van der Waals surface area contributed by atoms with Crippen LogP contribution < -0.4 is 5.32 Å². The second-order valence-corrected chi connectivity index (χ2v) is 6.01. The summed E-state index contributed by atoms with van der Waals surface area (Å²) >= 11 is 3.47. The van der Waals surface area contributed by atoms with Gasteiger partial charge < -0.3 is 5.32 Å².